The van der Waals surface area contributed by atoms with Crippen LogP contribution in [-0.2, 0) is 4.74 Å². The van der Waals surface area contributed by atoms with E-state index in [0.29, 0.717) is 5.92 Å². The maximum atomic E-state index is 11.9. The number of carbonyl (C=O) groups excluding carboxylic acids is 1. The van der Waals surface area contributed by atoms with Gasteiger partial charge in [0.1, 0.15) is 5.60 Å². The van der Waals surface area contributed by atoms with E-state index < -0.39 is 5.60 Å². The normalized spacial score (nSPS) is 19.7. The van der Waals surface area contributed by atoms with Crippen LogP contribution in [0.1, 0.15) is 53.4 Å². The zero-order valence-corrected chi connectivity index (χ0v) is 12.1. The van der Waals surface area contributed by atoms with Gasteiger partial charge in [0.15, 0.2) is 0 Å². The van der Waals surface area contributed by atoms with Crippen LogP contribution < -0.4 is 0 Å². The second-order valence-electron chi connectivity index (χ2n) is 6.21. The number of amides is 1. The number of aliphatic hydroxyl groups excluding tert-OH is 1. The summed E-state index contributed by atoms with van der Waals surface area (Å²) in [5.74, 6) is 0.540. The summed E-state index contributed by atoms with van der Waals surface area (Å²) in [6.45, 7) is 9.15. The minimum atomic E-state index is -0.424. The number of hydrogen-bond donors (Lipinski definition) is 1. The molecule has 0 spiro atoms. The Kier molecular flexibility index (Phi) is 5.45. The summed E-state index contributed by atoms with van der Waals surface area (Å²) in [7, 11) is 0. The molecule has 1 atom stereocenters. The number of likely N-dealkylation sites (tertiary alicyclic amines) is 1. The summed E-state index contributed by atoms with van der Waals surface area (Å²) in [4.78, 5) is 13.6. The highest BCUT2D eigenvalue weighted by atomic mass is 16.6. The van der Waals surface area contributed by atoms with Crippen molar-refractivity contribution in [2.75, 3.05) is 13.1 Å². The molecule has 1 saturated heterocycles. The average molecular weight is 257 g/mol. The Hall–Kier alpha value is -0.770. The number of aliphatic hydroxyl groups is 1. The third-order valence-electron chi connectivity index (χ3n) is 3.34. The van der Waals surface area contributed by atoms with E-state index >= 15 is 0 Å². The molecule has 1 aliphatic heterocycles. The van der Waals surface area contributed by atoms with Gasteiger partial charge in [-0.15, -0.1) is 0 Å². The van der Waals surface area contributed by atoms with E-state index in [-0.39, 0.29) is 12.2 Å². The summed E-state index contributed by atoms with van der Waals surface area (Å²) < 4.78 is 5.35. The molecular formula is C14H27NO3. The smallest absolute Gasteiger partial charge is 0.410 e. The van der Waals surface area contributed by atoms with Crippen molar-refractivity contribution in [1.82, 2.24) is 4.90 Å². The van der Waals surface area contributed by atoms with Crippen molar-refractivity contribution < 1.29 is 14.6 Å². The number of rotatable bonds is 3. The summed E-state index contributed by atoms with van der Waals surface area (Å²) in [6, 6.07) is 0. The Morgan fingerprint density at radius 2 is 1.94 bits per heavy atom. The minimum absolute atomic E-state index is 0.192. The van der Waals surface area contributed by atoms with Crippen LogP contribution in [0.5, 0.6) is 0 Å². The summed E-state index contributed by atoms with van der Waals surface area (Å²) in [5.41, 5.74) is -0.424. The Morgan fingerprint density at radius 1 is 1.39 bits per heavy atom. The van der Waals surface area contributed by atoms with Crippen molar-refractivity contribution in [2.45, 2.75) is 65.1 Å². The molecule has 0 saturated carbocycles. The number of piperidine rings is 1. The highest BCUT2D eigenvalue weighted by Crippen LogP contribution is 2.24. The molecule has 0 bridgehead atoms. The monoisotopic (exact) mass is 257 g/mol. The molecule has 1 heterocycles. The first-order valence-corrected chi connectivity index (χ1v) is 6.97. The van der Waals surface area contributed by atoms with E-state index in [1.54, 1.807) is 4.90 Å². The molecular weight excluding hydrogens is 230 g/mol. The van der Waals surface area contributed by atoms with E-state index in [9.17, 15) is 9.90 Å². The molecule has 0 radical (unpaired) electrons. The van der Waals surface area contributed by atoms with E-state index in [1.165, 1.54) is 0 Å². The molecule has 106 valence electrons. The Labute approximate surface area is 110 Å². The van der Waals surface area contributed by atoms with Crippen LogP contribution in [0, 0.1) is 5.92 Å². The molecule has 0 aromatic heterocycles. The van der Waals surface area contributed by atoms with Gasteiger partial charge in [-0.2, -0.15) is 0 Å². The number of hydrogen-bond acceptors (Lipinski definition) is 3. The van der Waals surface area contributed by atoms with Gasteiger partial charge in [-0.3, -0.25) is 0 Å². The summed E-state index contributed by atoms with van der Waals surface area (Å²) in [5, 5.41) is 9.63. The van der Waals surface area contributed by atoms with Crippen LogP contribution in [0.3, 0.4) is 0 Å². The first kappa shape index (κ1) is 15.3. The predicted molar refractivity (Wildman–Crippen MR) is 71.4 cm³/mol. The van der Waals surface area contributed by atoms with Gasteiger partial charge in [-0.1, -0.05) is 6.92 Å². The van der Waals surface area contributed by atoms with Crippen LogP contribution in [0.4, 0.5) is 4.79 Å². The first-order chi connectivity index (χ1) is 8.31. The zero-order chi connectivity index (χ0) is 13.8. The molecule has 18 heavy (non-hydrogen) atoms. The lowest BCUT2D eigenvalue weighted by Crippen LogP contribution is -2.42. The summed E-state index contributed by atoms with van der Waals surface area (Å²) in [6.07, 6.45) is 3.21. The maximum Gasteiger partial charge on any atom is 0.410 e. The number of carbonyl (C=O) groups is 1. The van der Waals surface area contributed by atoms with Gasteiger partial charge >= 0.3 is 6.09 Å². The van der Waals surface area contributed by atoms with Crippen molar-refractivity contribution in [2.24, 2.45) is 5.92 Å². The van der Waals surface area contributed by atoms with Crippen LogP contribution in [0.15, 0.2) is 0 Å². The molecule has 1 fully saturated rings. The molecule has 0 aliphatic carbocycles. The zero-order valence-electron chi connectivity index (χ0n) is 12.1. The molecule has 1 aliphatic rings. The lowest BCUT2D eigenvalue weighted by Gasteiger charge is -2.34. The molecule has 4 heteroatoms. The van der Waals surface area contributed by atoms with Gasteiger partial charge in [0.05, 0.1) is 6.10 Å². The van der Waals surface area contributed by atoms with Crippen LogP contribution in [-0.4, -0.2) is 40.9 Å². The van der Waals surface area contributed by atoms with Crippen molar-refractivity contribution >= 4 is 6.09 Å². The van der Waals surface area contributed by atoms with Gasteiger partial charge in [-0.25, -0.2) is 4.79 Å². The highest BCUT2D eigenvalue weighted by Gasteiger charge is 2.27. The van der Waals surface area contributed by atoms with Gasteiger partial charge in [0.2, 0.25) is 0 Å². The average Bonchev–Trinajstić information content (AvgIpc) is 2.27. The van der Waals surface area contributed by atoms with Crippen molar-refractivity contribution in [1.29, 1.82) is 0 Å². The second-order valence-corrected chi connectivity index (χ2v) is 6.21. The lowest BCUT2D eigenvalue weighted by molar-refractivity contribution is 0.0161. The van der Waals surface area contributed by atoms with Crippen molar-refractivity contribution in [3.05, 3.63) is 0 Å². The van der Waals surface area contributed by atoms with E-state index in [2.05, 4.69) is 0 Å². The van der Waals surface area contributed by atoms with Crippen LogP contribution >= 0.6 is 0 Å². The quantitative estimate of drug-likeness (QED) is 0.845. The van der Waals surface area contributed by atoms with E-state index in [1.807, 2.05) is 27.7 Å². The summed E-state index contributed by atoms with van der Waals surface area (Å²) >= 11 is 0. The highest BCUT2D eigenvalue weighted by molar-refractivity contribution is 5.68. The fourth-order valence-corrected chi connectivity index (χ4v) is 2.23. The van der Waals surface area contributed by atoms with E-state index in [4.69, 9.17) is 4.74 Å². The van der Waals surface area contributed by atoms with Gasteiger partial charge in [0, 0.05) is 13.1 Å². The molecule has 1 amide bonds. The minimum Gasteiger partial charge on any atom is -0.444 e. The molecule has 0 aromatic carbocycles. The Bertz CT molecular complexity index is 265. The van der Waals surface area contributed by atoms with Crippen molar-refractivity contribution in [3.8, 4) is 0 Å². The van der Waals surface area contributed by atoms with Gasteiger partial charge in [-0.05, 0) is 52.4 Å². The fraction of sp³-hybridized carbons (Fsp3) is 0.929. The Morgan fingerprint density at radius 3 is 2.39 bits per heavy atom. The first-order valence-electron chi connectivity index (χ1n) is 6.97. The SMILES string of the molecule is CCC(O)CC1CCN(C(=O)OC(C)(C)C)CC1. The van der Waals surface area contributed by atoms with Crippen molar-refractivity contribution in [3.63, 3.8) is 0 Å². The molecule has 1 rings (SSSR count). The lowest BCUT2D eigenvalue weighted by atomic mass is 9.90. The standard InChI is InChI=1S/C14H27NO3/c1-5-12(16)10-11-6-8-15(9-7-11)13(17)18-14(2,3)4/h11-12,16H,5-10H2,1-4H3. The largest absolute Gasteiger partial charge is 0.444 e. The fourth-order valence-electron chi connectivity index (χ4n) is 2.23. The topological polar surface area (TPSA) is 49.8 Å². The van der Waals surface area contributed by atoms with Gasteiger partial charge < -0.3 is 14.7 Å². The molecule has 0 aromatic rings. The van der Waals surface area contributed by atoms with Crippen LogP contribution in [0.25, 0.3) is 0 Å². The molecule has 1 N–H and O–H groups in total. The predicted octanol–water partition coefficient (Wildman–Crippen LogP) is 2.79. The second kappa shape index (κ2) is 6.41. The Balaban J connectivity index is 2.33. The van der Waals surface area contributed by atoms with Crippen LogP contribution in [0.2, 0.25) is 0 Å². The third kappa shape index (κ3) is 5.25. The number of nitrogens with zero attached hydrogens (tertiary/aromatic N) is 1. The molecule has 4 nitrogen and oxygen atoms in total. The van der Waals surface area contributed by atoms with E-state index in [0.717, 1.165) is 38.8 Å². The van der Waals surface area contributed by atoms with Gasteiger partial charge in [0.25, 0.3) is 0 Å². The maximum absolute atomic E-state index is 11.9. The number of ether oxygens (including phenoxy) is 1. The third-order valence-corrected chi connectivity index (χ3v) is 3.34. The molecule has 1 unspecified atom stereocenters.